The Kier molecular flexibility index (Phi) is 3.38. The van der Waals surface area contributed by atoms with Crippen molar-refractivity contribution >= 4 is 17.3 Å². The van der Waals surface area contributed by atoms with Gasteiger partial charge in [0, 0.05) is 6.04 Å². The molecule has 4 heteroatoms. The van der Waals surface area contributed by atoms with Gasteiger partial charge >= 0.3 is 5.97 Å². The number of carbonyl (C=O) groups is 1. The molecule has 1 aromatic heterocycles. The number of carbonyl (C=O) groups excluding carboxylic acids is 1. The van der Waals surface area contributed by atoms with E-state index in [4.69, 9.17) is 4.74 Å². The quantitative estimate of drug-likeness (QED) is 0.737. The van der Waals surface area contributed by atoms with Crippen molar-refractivity contribution in [1.82, 2.24) is 4.90 Å². The number of rotatable bonds is 3. The average molecular weight is 225 g/mol. The van der Waals surface area contributed by atoms with Gasteiger partial charge in [0.25, 0.3) is 0 Å². The number of thiophene rings is 1. The topological polar surface area (TPSA) is 29.5 Å². The van der Waals surface area contributed by atoms with Gasteiger partial charge in [0.05, 0.1) is 13.7 Å². The van der Waals surface area contributed by atoms with E-state index in [1.54, 1.807) is 11.3 Å². The number of esters is 1. The Morgan fingerprint density at radius 2 is 2.60 bits per heavy atom. The summed E-state index contributed by atoms with van der Waals surface area (Å²) < 4.78 is 4.70. The number of methoxy groups -OCH3 is 1. The van der Waals surface area contributed by atoms with Gasteiger partial charge in [0.2, 0.25) is 0 Å². The number of ether oxygens (including phenoxy) is 1. The summed E-state index contributed by atoms with van der Waals surface area (Å²) in [7, 11) is 1.44. The van der Waals surface area contributed by atoms with E-state index in [2.05, 4.69) is 21.7 Å². The zero-order valence-electron chi connectivity index (χ0n) is 8.81. The van der Waals surface area contributed by atoms with E-state index in [1.807, 2.05) is 0 Å². The van der Waals surface area contributed by atoms with Gasteiger partial charge in [-0.1, -0.05) is 0 Å². The van der Waals surface area contributed by atoms with Crippen molar-refractivity contribution in [2.24, 2.45) is 0 Å². The Bertz CT molecular complexity index is 323. The summed E-state index contributed by atoms with van der Waals surface area (Å²) >= 11 is 1.71. The minimum Gasteiger partial charge on any atom is -0.468 e. The highest BCUT2D eigenvalue weighted by Crippen LogP contribution is 2.32. The normalized spacial score (nSPS) is 21.8. The van der Waals surface area contributed by atoms with Crippen LogP contribution in [-0.2, 0) is 9.53 Å². The second-order valence-corrected chi connectivity index (χ2v) is 4.54. The Morgan fingerprint density at radius 1 is 1.73 bits per heavy atom. The van der Waals surface area contributed by atoms with Crippen LogP contribution in [0.15, 0.2) is 16.8 Å². The van der Waals surface area contributed by atoms with Crippen LogP contribution in [-0.4, -0.2) is 31.1 Å². The lowest BCUT2D eigenvalue weighted by Gasteiger charge is -2.22. The van der Waals surface area contributed by atoms with E-state index in [0.717, 1.165) is 19.4 Å². The third-order valence-corrected chi connectivity index (χ3v) is 3.55. The first-order valence-corrected chi connectivity index (χ1v) is 6.08. The molecule has 1 atom stereocenters. The SMILES string of the molecule is COC(=O)CN1CCCC1c1ccsc1. The molecule has 1 unspecified atom stereocenters. The minimum atomic E-state index is -0.142. The molecule has 1 fully saturated rings. The second-order valence-electron chi connectivity index (χ2n) is 3.76. The summed E-state index contributed by atoms with van der Waals surface area (Å²) in [5.41, 5.74) is 1.33. The monoisotopic (exact) mass is 225 g/mol. The summed E-state index contributed by atoms with van der Waals surface area (Å²) in [6.07, 6.45) is 2.31. The molecular weight excluding hydrogens is 210 g/mol. The van der Waals surface area contributed by atoms with Crippen LogP contribution in [0.3, 0.4) is 0 Å². The van der Waals surface area contributed by atoms with Crippen LogP contribution in [0.1, 0.15) is 24.4 Å². The highest BCUT2D eigenvalue weighted by Gasteiger charge is 2.27. The Labute approximate surface area is 93.7 Å². The number of likely N-dealkylation sites (tertiary alicyclic amines) is 1. The van der Waals surface area contributed by atoms with E-state index in [1.165, 1.54) is 12.7 Å². The fourth-order valence-corrected chi connectivity index (χ4v) is 2.79. The molecule has 1 aromatic rings. The van der Waals surface area contributed by atoms with E-state index in [9.17, 15) is 4.79 Å². The highest BCUT2D eigenvalue weighted by atomic mass is 32.1. The molecule has 0 aliphatic carbocycles. The van der Waals surface area contributed by atoms with Gasteiger partial charge in [0.15, 0.2) is 0 Å². The number of nitrogens with zero attached hydrogens (tertiary/aromatic N) is 1. The molecule has 0 spiro atoms. The van der Waals surface area contributed by atoms with Crippen molar-refractivity contribution in [3.8, 4) is 0 Å². The van der Waals surface area contributed by atoms with Crippen molar-refractivity contribution in [3.63, 3.8) is 0 Å². The maximum atomic E-state index is 11.2. The number of hydrogen-bond acceptors (Lipinski definition) is 4. The van der Waals surface area contributed by atoms with Gasteiger partial charge < -0.3 is 4.74 Å². The van der Waals surface area contributed by atoms with Crippen molar-refractivity contribution in [3.05, 3.63) is 22.4 Å². The minimum absolute atomic E-state index is 0.142. The summed E-state index contributed by atoms with van der Waals surface area (Å²) in [6.45, 7) is 1.41. The van der Waals surface area contributed by atoms with E-state index >= 15 is 0 Å². The first kappa shape index (κ1) is 10.6. The Hall–Kier alpha value is -0.870. The first-order valence-electron chi connectivity index (χ1n) is 5.14. The smallest absolute Gasteiger partial charge is 0.319 e. The molecule has 1 aliphatic heterocycles. The summed E-state index contributed by atoms with van der Waals surface area (Å²) in [5.74, 6) is -0.142. The van der Waals surface area contributed by atoms with Crippen molar-refractivity contribution in [2.75, 3.05) is 20.2 Å². The summed E-state index contributed by atoms with van der Waals surface area (Å²) in [6, 6.07) is 2.56. The lowest BCUT2D eigenvalue weighted by molar-refractivity contribution is -0.142. The molecule has 2 rings (SSSR count). The van der Waals surface area contributed by atoms with Gasteiger partial charge in [-0.05, 0) is 41.8 Å². The predicted octanol–water partition coefficient (Wildman–Crippen LogP) is 2.06. The van der Waals surface area contributed by atoms with E-state index in [-0.39, 0.29) is 5.97 Å². The summed E-state index contributed by atoms with van der Waals surface area (Å²) in [5, 5.41) is 4.25. The lowest BCUT2D eigenvalue weighted by atomic mass is 10.1. The molecule has 82 valence electrons. The van der Waals surface area contributed by atoms with Crippen LogP contribution in [0.5, 0.6) is 0 Å². The van der Waals surface area contributed by atoms with E-state index in [0.29, 0.717) is 12.6 Å². The zero-order valence-corrected chi connectivity index (χ0v) is 9.63. The average Bonchev–Trinajstić information content (AvgIpc) is 2.86. The van der Waals surface area contributed by atoms with Crippen molar-refractivity contribution in [2.45, 2.75) is 18.9 Å². The number of hydrogen-bond donors (Lipinski definition) is 0. The Morgan fingerprint density at radius 3 is 3.27 bits per heavy atom. The van der Waals surface area contributed by atoms with Gasteiger partial charge in [-0.3, -0.25) is 9.69 Å². The second kappa shape index (κ2) is 4.77. The maximum absolute atomic E-state index is 11.2. The van der Waals surface area contributed by atoms with Crippen LogP contribution >= 0.6 is 11.3 Å². The molecule has 1 saturated heterocycles. The molecular formula is C11H15NO2S. The van der Waals surface area contributed by atoms with Gasteiger partial charge in [-0.2, -0.15) is 11.3 Å². The molecule has 0 N–H and O–H groups in total. The Balaban J connectivity index is 2.02. The van der Waals surface area contributed by atoms with Gasteiger partial charge in [0.1, 0.15) is 0 Å². The fourth-order valence-electron chi connectivity index (χ4n) is 2.09. The van der Waals surface area contributed by atoms with Crippen LogP contribution in [0.4, 0.5) is 0 Å². The van der Waals surface area contributed by atoms with Crippen LogP contribution in [0.2, 0.25) is 0 Å². The predicted molar refractivity (Wildman–Crippen MR) is 59.9 cm³/mol. The third kappa shape index (κ3) is 2.38. The molecule has 1 aliphatic rings. The van der Waals surface area contributed by atoms with Gasteiger partial charge in [-0.15, -0.1) is 0 Å². The lowest BCUT2D eigenvalue weighted by Crippen LogP contribution is -2.29. The standard InChI is InChI=1S/C11H15NO2S/c1-14-11(13)7-12-5-2-3-10(12)9-4-6-15-8-9/h4,6,8,10H,2-3,5,7H2,1H3. The van der Waals surface area contributed by atoms with Crippen LogP contribution < -0.4 is 0 Å². The van der Waals surface area contributed by atoms with Gasteiger partial charge in [-0.25, -0.2) is 0 Å². The molecule has 15 heavy (non-hydrogen) atoms. The highest BCUT2D eigenvalue weighted by molar-refractivity contribution is 7.07. The molecule has 0 bridgehead atoms. The van der Waals surface area contributed by atoms with Crippen LogP contribution in [0.25, 0.3) is 0 Å². The third-order valence-electron chi connectivity index (χ3n) is 2.85. The first-order chi connectivity index (χ1) is 7.31. The molecule has 0 aromatic carbocycles. The largest absolute Gasteiger partial charge is 0.468 e. The van der Waals surface area contributed by atoms with Crippen LogP contribution in [0, 0.1) is 0 Å². The van der Waals surface area contributed by atoms with E-state index < -0.39 is 0 Å². The molecule has 2 heterocycles. The zero-order chi connectivity index (χ0) is 10.7. The molecule has 0 amide bonds. The maximum Gasteiger partial charge on any atom is 0.319 e. The molecule has 0 radical (unpaired) electrons. The fraction of sp³-hybridized carbons (Fsp3) is 0.545. The summed E-state index contributed by atoms with van der Waals surface area (Å²) in [4.78, 5) is 13.4. The van der Waals surface area contributed by atoms with Crippen molar-refractivity contribution < 1.29 is 9.53 Å². The molecule has 3 nitrogen and oxygen atoms in total. The molecule has 0 saturated carbocycles. The van der Waals surface area contributed by atoms with Crippen molar-refractivity contribution in [1.29, 1.82) is 0 Å².